The van der Waals surface area contributed by atoms with Crippen LogP contribution in [0.2, 0.25) is 0 Å². The number of nitrogens with zero attached hydrogens (tertiary/aromatic N) is 2. The van der Waals surface area contributed by atoms with E-state index in [9.17, 15) is 4.79 Å². The molecular formula is C14H24N4O3. The van der Waals surface area contributed by atoms with Crippen molar-refractivity contribution in [3.63, 3.8) is 0 Å². The molecule has 0 aliphatic carbocycles. The Morgan fingerprint density at radius 1 is 1.52 bits per heavy atom. The molecule has 1 aliphatic heterocycles. The third-order valence-electron chi connectivity index (χ3n) is 3.23. The fourth-order valence-electron chi connectivity index (χ4n) is 2.23. The minimum absolute atomic E-state index is 0.125. The lowest BCUT2D eigenvalue weighted by Crippen LogP contribution is -2.46. The largest absolute Gasteiger partial charge is 0.444 e. The number of rotatable bonds is 3. The average molecular weight is 296 g/mol. The highest BCUT2D eigenvalue weighted by Crippen LogP contribution is 2.20. The summed E-state index contributed by atoms with van der Waals surface area (Å²) in [6, 6.07) is 0.728. The monoisotopic (exact) mass is 296 g/mol. The van der Waals surface area contributed by atoms with E-state index in [0.29, 0.717) is 18.3 Å². The lowest BCUT2D eigenvalue weighted by Gasteiger charge is -2.31. The third-order valence-corrected chi connectivity index (χ3v) is 3.23. The Labute approximate surface area is 124 Å². The van der Waals surface area contributed by atoms with Gasteiger partial charge in [0.2, 0.25) is 0 Å². The average Bonchev–Trinajstić information content (AvgIpc) is 2.86. The zero-order valence-corrected chi connectivity index (χ0v) is 12.9. The second-order valence-corrected chi connectivity index (χ2v) is 6.22. The summed E-state index contributed by atoms with van der Waals surface area (Å²) in [6.07, 6.45) is 2.96. The molecule has 1 aromatic heterocycles. The molecule has 1 fully saturated rings. The summed E-state index contributed by atoms with van der Waals surface area (Å²) in [6.45, 7) is 7.48. The van der Waals surface area contributed by atoms with Crippen LogP contribution in [0.4, 0.5) is 10.8 Å². The molecule has 0 atom stereocenters. The maximum Gasteiger partial charge on any atom is 0.407 e. The van der Waals surface area contributed by atoms with Gasteiger partial charge in [-0.25, -0.2) is 9.78 Å². The molecule has 1 amide bonds. The van der Waals surface area contributed by atoms with Gasteiger partial charge in [0, 0.05) is 19.1 Å². The van der Waals surface area contributed by atoms with Crippen molar-refractivity contribution < 1.29 is 13.9 Å². The van der Waals surface area contributed by atoms with Crippen LogP contribution in [0.3, 0.4) is 0 Å². The molecule has 118 valence electrons. The molecule has 3 N–H and O–H groups in total. The van der Waals surface area contributed by atoms with Gasteiger partial charge in [0.25, 0.3) is 6.01 Å². The highest BCUT2D eigenvalue weighted by Gasteiger charge is 2.25. The van der Waals surface area contributed by atoms with Gasteiger partial charge in [-0.2, -0.15) is 0 Å². The molecule has 0 aromatic carbocycles. The van der Waals surface area contributed by atoms with E-state index in [4.69, 9.17) is 14.9 Å². The second kappa shape index (κ2) is 6.34. The highest BCUT2D eigenvalue weighted by molar-refractivity contribution is 5.68. The van der Waals surface area contributed by atoms with Gasteiger partial charge in [-0.05, 0) is 33.6 Å². The number of nitrogens with two attached hydrogens (primary N) is 1. The number of carbonyl (C=O) groups is 1. The molecule has 0 unspecified atom stereocenters. The Hall–Kier alpha value is -1.76. The fourth-order valence-corrected chi connectivity index (χ4v) is 2.23. The third kappa shape index (κ3) is 4.63. The first kappa shape index (κ1) is 15.6. The van der Waals surface area contributed by atoms with E-state index in [1.807, 2.05) is 20.8 Å². The van der Waals surface area contributed by atoms with E-state index in [1.54, 1.807) is 6.20 Å². The van der Waals surface area contributed by atoms with E-state index in [-0.39, 0.29) is 12.1 Å². The number of amides is 1. The van der Waals surface area contributed by atoms with Crippen molar-refractivity contribution in [2.45, 2.75) is 51.8 Å². The number of nitrogens with one attached hydrogen (secondary N) is 1. The number of hydrogen-bond donors (Lipinski definition) is 2. The molecule has 7 heteroatoms. The number of alkyl carbamates (subject to hydrolysis) is 1. The molecule has 21 heavy (non-hydrogen) atoms. The van der Waals surface area contributed by atoms with Crippen LogP contribution in [0.1, 0.15) is 39.4 Å². The smallest absolute Gasteiger partial charge is 0.407 e. The maximum absolute atomic E-state index is 11.7. The van der Waals surface area contributed by atoms with Crippen LogP contribution in [0, 0.1) is 0 Å². The molecule has 1 saturated heterocycles. The molecule has 1 aromatic rings. The Morgan fingerprint density at radius 3 is 2.71 bits per heavy atom. The van der Waals surface area contributed by atoms with Crippen molar-refractivity contribution in [3.05, 3.63) is 12.0 Å². The predicted molar refractivity (Wildman–Crippen MR) is 79.0 cm³/mol. The maximum atomic E-state index is 11.7. The van der Waals surface area contributed by atoms with Crippen LogP contribution in [0.25, 0.3) is 0 Å². The zero-order chi connectivity index (χ0) is 15.5. The number of aromatic nitrogens is 1. The minimum atomic E-state index is -0.471. The standard InChI is InChI=1S/C14H24N4O3/c1-14(2,3)21-13(19)17-10-4-6-18(7-5-10)12-16-9-11(8-15)20-12/h9-10H,4-8,15H2,1-3H3,(H,17,19). The van der Waals surface area contributed by atoms with Gasteiger partial charge >= 0.3 is 6.09 Å². The first-order valence-electron chi connectivity index (χ1n) is 7.26. The minimum Gasteiger partial charge on any atom is -0.444 e. The lowest BCUT2D eigenvalue weighted by atomic mass is 10.1. The van der Waals surface area contributed by atoms with E-state index in [1.165, 1.54) is 0 Å². The van der Waals surface area contributed by atoms with Crippen molar-refractivity contribution >= 4 is 12.1 Å². The molecule has 2 heterocycles. The molecule has 2 rings (SSSR count). The lowest BCUT2D eigenvalue weighted by molar-refractivity contribution is 0.0497. The van der Waals surface area contributed by atoms with Gasteiger partial charge < -0.3 is 25.1 Å². The van der Waals surface area contributed by atoms with Crippen molar-refractivity contribution in [1.29, 1.82) is 0 Å². The summed E-state index contributed by atoms with van der Waals surface area (Å²) in [4.78, 5) is 18.0. The summed E-state index contributed by atoms with van der Waals surface area (Å²) in [5.74, 6) is 0.680. The summed E-state index contributed by atoms with van der Waals surface area (Å²) in [5.41, 5.74) is 5.04. The van der Waals surface area contributed by atoms with Crippen molar-refractivity contribution in [1.82, 2.24) is 10.3 Å². The number of carbonyl (C=O) groups excluding carboxylic acids is 1. The number of ether oxygens (including phenoxy) is 1. The molecule has 0 radical (unpaired) electrons. The quantitative estimate of drug-likeness (QED) is 0.880. The summed E-state index contributed by atoms with van der Waals surface area (Å²) in [5, 5.41) is 2.90. The van der Waals surface area contributed by atoms with Gasteiger partial charge in [-0.1, -0.05) is 0 Å². The van der Waals surface area contributed by atoms with Crippen molar-refractivity contribution in [2.24, 2.45) is 5.73 Å². The van der Waals surface area contributed by atoms with Gasteiger partial charge in [0.1, 0.15) is 11.4 Å². The van der Waals surface area contributed by atoms with Crippen LogP contribution in [-0.2, 0) is 11.3 Å². The molecule has 1 aliphatic rings. The van der Waals surface area contributed by atoms with E-state index in [2.05, 4.69) is 15.2 Å². The van der Waals surface area contributed by atoms with Crippen molar-refractivity contribution in [2.75, 3.05) is 18.0 Å². The first-order valence-corrected chi connectivity index (χ1v) is 7.26. The van der Waals surface area contributed by atoms with Crippen LogP contribution in [-0.4, -0.2) is 35.8 Å². The number of hydrogen-bond acceptors (Lipinski definition) is 6. The molecule has 7 nitrogen and oxygen atoms in total. The zero-order valence-electron chi connectivity index (χ0n) is 12.9. The second-order valence-electron chi connectivity index (χ2n) is 6.22. The predicted octanol–water partition coefficient (Wildman–Crippen LogP) is 1.63. The van der Waals surface area contributed by atoms with E-state index < -0.39 is 5.60 Å². The SMILES string of the molecule is CC(C)(C)OC(=O)NC1CCN(c2ncc(CN)o2)CC1. The highest BCUT2D eigenvalue weighted by atomic mass is 16.6. The molecule has 0 bridgehead atoms. The number of oxazole rings is 1. The van der Waals surface area contributed by atoms with Crippen LogP contribution < -0.4 is 16.0 Å². The van der Waals surface area contributed by atoms with E-state index in [0.717, 1.165) is 25.9 Å². The van der Waals surface area contributed by atoms with Crippen LogP contribution >= 0.6 is 0 Å². The molecule has 0 saturated carbocycles. The summed E-state index contributed by atoms with van der Waals surface area (Å²) < 4.78 is 10.8. The Bertz CT molecular complexity index is 473. The fraction of sp³-hybridized carbons (Fsp3) is 0.714. The van der Waals surface area contributed by atoms with Gasteiger partial charge in [0.05, 0.1) is 12.7 Å². The van der Waals surface area contributed by atoms with Crippen molar-refractivity contribution in [3.8, 4) is 0 Å². The Kier molecular flexibility index (Phi) is 4.72. The molecular weight excluding hydrogens is 272 g/mol. The van der Waals surface area contributed by atoms with Crippen LogP contribution in [0.5, 0.6) is 0 Å². The van der Waals surface area contributed by atoms with E-state index >= 15 is 0 Å². The van der Waals surface area contributed by atoms with Gasteiger partial charge in [-0.3, -0.25) is 0 Å². The topological polar surface area (TPSA) is 93.6 Å². The first-order chi connectivity index (χ1) is 9.87. The Balaban J connectivity index is 1.79. The Morgan fingerprint density at radius 2 is 2.19 bits per heavy atom. The number of piperidine rings is 1. The summed E-state index contributed by atoms with van der Waals surface area (Å²) >= 11 is 0. The van der Waals surface area contributed by atoms with Gasteiger partial charge in [-0.15, -0.1) is 0 Å². The normalized spacial score (nSPS) is 16.9. The van der Waals surface area contributed by atoms with Crippen LogP contribution in [0.15, 0.2) is 10.6 Å². The molecule has 0 spiro atoms. The summed E-state index contributed by atoms with van der Waals surface area (Å²) in [7, 11) is 0. The number of anilines is 1. The van der Waals surface area contributed by atoms with Gasteiger partial charge in [0.15, 0.2) is 0 Å².